The van der Waals surface area contributed by atoms with Crippen molar-refractivity contribution in [3.63, 3.8) is 0 Å². The van der Waals surface area contributed by atoms with Gasteiger partial charge in [0.25, 0.3) is 0 Å². The van der Waals surface area contributed by atoms with Gasteiger partial charge in [-0.3, -0.25) is 9.59 Å². The molecule has 1 heterocycles. The molecule has 1 aliphatic rings. The molecule has 0 saturated carbocycles. The second kappa shape index (κ2) is 12.3. The van der Waals surface area contributed by atoms with Crippen LogP contribution >= 0.6 is 0 Å². The monoisotopic (exact) mass is 507 g/mol. The van der Waals surface area contributed by atoms with Crippen LogP contribution < -0.4 is 4.74 Å². The van der Waals surface area contributed by atoms with Crippen LogP contribution in [0, 0.1) is 0 Å². The number of rotatable bonds is 13. The van der Waals surface area contributed by atoms with E-state index >= 15 is 0 Å². The van der Waals surface area contributed by atoms with E-state index in [1.54, 1.807) is 6.07 Å². The number of carbonyl (C=O) groups is 2. The van der Waals surface area contributed by atoms with Gasteiger partial charge in [-0.2, -0.15) is 0 Å². The topological polar surface area (TPSA) is 56.3 Å². The Kier molecular flexibility index (Phi) is 8.47. The van der Waals surface area contributed by atoms with E-state index in [4.69, 9.17) is 9.72 Å². The molecule has 0 fully saturated rings. The third-order valence-electron chi connectivity index (χ3n) is 7.70. The molecule has 0 aliphatic heterocycles. The van der Waals surface area contributed by atoms with E-state index in [-0.39, 0.29) is 11.6 Å². The number of ketones is 2. The minimum atomic E-state index is -0.902. The molecule has 0 radical (unpaired) electrons. The van der Waals surface area contributed by atoms with Gasteiger partial charge in [-0.25, -0.2) is 4.98 Å². The van der Waals surface area contributed by atoms with Gasteiger partial charge >= 0.3 is 0 Å². The lowest BCUT2D eigenvalue weighted by Crippen LogP contribution is -2.14. The van der Waals surface area contributed by atoms with E-state index in [0.717, 1.165) is 29.0 Å². The highest BCUT2D eigenvalue weighted by molar-refractivity contribution is 6.30. The molecule has 0 spiro atoms. The van der Waals surface area contributed by atoms with Crippen molar-refractivity contribution in [2.24, 2.45) is 0 Å². The van der Waals surface area contributed by atoms with Gasteiger partial charge in [-0.1, -0.05) is 107 Å². The summed E-state index contributed by atoms with van der Waals surface area (Å²) in [4.78, 5) is 31.5. The second-order valence-corrected chi connectivity index (χ2v) is 10.5. The van der Waals surface area contributed by atoms with Gasteiger partial charge in [0.05, 0.1) is 12.3 Å². The Bertz CT molecular complexity index is 1390. The van der Waals surface area contributed by atoms with E-state index < -0.39 is 5.92 Å². The summed E-state index contributed by atoms with van der Waals surface area (Å²) in [5, 5.41) is 2.86. The number of ether oxygens (including phenoxy) is 1. The fourth-order valence-corrected chi connectivity index (χ4v) is 5.53. The average molecular weight is 508 g/mol. The second-order valence-electron chi connectivity index (χ2n) is 10.5. The molecule has 4 nitrogen and oxygen atoms in total. The molecule has 4 heteroatoms. The van der Waals surface area contributed by atoms with Gasteiger partial charge in [-0.05, 0) is 41.5 Å². The molecule has 0 bridgehead atoms. The summed E-state index contributed by atoms with van der Waals surface area (Å²) in [5.74, 6) is -0.541. The maximum absolute atomic E-state index is 13.4. The van der Waals surface area contributed by atoms with E-state index in [9.17, 15) is 9.59 Å². The van der Waals surface area contributed by atoms with Crippen LogP contribution in [0.1, 0.15) is 103 Å². The number of pyridine rings is 1. The third-order valence-corrected chi connectivity index (χ3v) is 7.70. The molecule has 196 valence electrons. The van der Waals surface area contributed by atoms with Crippen molar-refractivity contribution in [1.82, 2.24) is 4.98 Å². The molecule has 1 aliphatic carbocycles. The van der Waals surface area contributed by atoms with Crippen LogP contribution in [0.15, 0.2) is 66.7 Å². The fourth-order valence-electron chi connectivity index (χ4n) is 5.53. The Balaban J connectivity index is 1.23. The zero-order valence-corrected chi connectivity index (χ0v) is 22.4. The summed E-state index contributed by atoms with van der Waals surface area (Å²) in [7, 11) is 0. The lowest BCUT2D eigenvalue weighted by atomic mass is 9.98. The lowest BCUT2D eigenvalue weighted by Gasteiger charge is -2.12. The quantitative estimate of drug-likeness (QED) is 0.134. The number of hydrogen-bond acceptors (Lipinski definition) is 4. The largest absolute Gasteiger partial charge is 0.491 e. The van der Waals surface area contributed by atoms with E-state index in [0.29, 0.717) is 34.7 Å². The number of benzene rings is 3. The Morgan fingerprint density at radius 1 is 0.658 bits per heavy atom. The van der Waals surface area contributed by atoms with Gasteiger partial charge in [0.15, 0.2) is 11.6 Å². The molecule has 0 amide bonds. The smallest absolute Gasteiger partial charge is 0.180 e. The molecule has 0 unspecified atom stereocenters. The van der Waals surface area contributed by atoms with Gasteiger partial charge < -0.3 is 4.74 Å². The first-order valence-corrected chi connectivity index (χ1v) is 14.3. The first-order chi connectivity index (χ1) is 18.7. The molecule has 38 heavy (non-hydrogen) atoms. The highest BCUT2D eigenvalue weighted by Gasteiger charge is 2.40. The summed E-state index contributed by atoms with van der Waals surface area (Å²) < 4.78 is 6.14. The number of carbonyl (C=O) groups excluding carboxylic acids is 2. The van der Waals surface area contributed by atoms with Crippen molar-refractivity contribution in [3.05, 3.63) is 83.6 Å². The summed E-state index contributed by atoms with van der Waals surface area (Å²) >= 11 is 0. The summed E-state index contributed by atoms with van der Waals surface area (Å²) in [6.07, 6.45) is 12.8. The van der Waals surface area contributed by atoms with E-state index in [2.05, 4.69) is 6.92 Å². The van der Waals surface area contributed by atoms with E-state index in [1.165, 1.54) is 51.4 Å². The van der Waals surface area contributed by atoms with Crippen LogP contribution in [0.4, 0.5) is 0 Å². The van der Waals surface area contributed by atoms with Crippen LogP contribution in [0.2, 0.25) is 0 Å². The average Bonchev–Trinajstić information content (AvgIpc) is 3.18. The maximum Gasteiger partial charge on any atom is 0.180 e. The van der Waals surface area contributed by atoms with Crippen molar-refractivity contribution < 1.29 is 14.3 Å². The molecular formula is C34H37NO3. The third kappa shape index (κ3) is 5.65. The Morgan fingerprint density at radius 2 is 1.24 bits per heavy atom. The summed E-state index contributed by atoms with van der Waals surface area (Å²) in [5.41, 5.74) is 2.18. The Hall–Kier alpha value is -3.53. The number of unbranched alkanes of at least 4 members (excludes halogenated alkanes) is 9. The number of nitrogens with zero attached hydrogens (tertiary/aromatic N) is 1. The molecule has 0 atom stereocenters. The van der Waals surface area contributed by atoms with Crippen molar-refractivity contribution in [2.75, 3.05) is 6.61 Å². The molecular weight excluding hydrogens is 470 g/mol. The minimum absolute atomic E-state index is 0.175. The Labute approximate surface area is 225 Å². The van der Waals surface area contributed by atoms with Gasteiger partial charge in [0, 0.05) is 16.5 Å². The molecule has 4 aromatic rings. The number of para-hydroxylation sites is 1. The lowest BCUT2D eigenvalue weighted by molar-refractivity contribution is 0.0888. The predicted octanol–water partition coefficient (Wildman–Crippen LogP) is 8.85. The summed E-state index contributed by atoms with van der Waals surface area (Å²) in [6.45, 7) is 2.90. The molecule has 0 N–H and O–H groups in total. The van der Waals surface area contributed by atoms with Gasteiger partial charge in [0.1, 0.15) is 17.2 Å². The molecule has 5 rings (SSSR count). The van der Waals surface area contributed by atoms with Crippen LogP contribution in [0.5, 0.6) is 5.75 Å². The zero-order chi connectivity index (χ0) is 26.3. The molecule has 0 saturated heterocycles. The first-order valence-electron chi connectivity index (χ1n) is 14.3. The number of Topliss-reactive ketones (excluding diaryl/α,β-unsaturated/α-hetero) is 2. The number of aromatic nitrogens is 1. The van der Waals surface area contributed by atoms with Crippen LogP contribution in [0.25, 0.3) is 21.7 Å². The minimum Gasteiger partial charge on any atom is -0.491 e. The van der Waals surface area contributed by atoms with Crippen molar-refractivity contribution in [3.8, 4) is 5.75 Å². The maximum atomic E-state index is 13.4. The normalized spacial score (nSPS) is 13.5. The molecule has 1 aromatic heterocycles. The number of fused-ring (bicyclic) bond motifs is 3. The zero-order valence-electron chi connectivity index (χ0n) is 22.4. The first kappa shape index (κ1) is 26.1. The highest BCUT2D eigenvalue weighted by Crippen LogP contribution is 2.37. The van der Waals surface area contributed by atoms with Crippen LogP contribution in [-0.2, 0) is 0 Å². The van der Waals surface area contributed by atoms with Crippen LogP contribution in [0.3, 0.4) is 0 Å². The summed E-state index contributed by atoms with van der Waals surface area (Å²) in [6, 6.07) is 21.1. The van der Waals surface area contributed by atoms with Crippen molar-refractivity contribution in [2.45, 2.75) is 77.0 Å². The van der Waals surface area contributed by atoms with Crippen LogP contribution in [-0.4, -0.2) is 23.2 Å². The SMILES string of the molecule is CCCCCCCCCCCCOc1cccc2ccc(C3C(=O)c4cc5ccccc5cc4C3=O)nc12. The van der Waals surface area contributed by atoms with Crippen molar-refractivity contribution in [1.29, 1.82) is 0 Å². The standard InChI is InChI=1S/C34H37NO3/c1-2-3-4-5-6-7-8-9-10-13-21-38-30-18-14-17-24-19-20-29(35-32(24)30)31-33(36)27-22-25-15-11-12-16-26(25)23-28(27)34(31)37/h11-12,14-20,22-23,31H,2-10,13,21H2,1H3. The highest BCUT2D eigenvalue weighted by atomic mass is 16.5. The molecule has 3 aromatic carbocycles. The van der Waals surface area contributed by atoms with Crippen molar-refractivity contribution >= 4 is 33.2 Å². The van der Waals surface area contributed by atoms with Gasteiger partial charge in [-0.15, -0.1) is 0 Å². The van der Waals surface area contributed by atoms with E-state index in [1.807, 2.05) is 60.7 Å². The Morgan fingerprint density at radius 3 is 1.87 bits per heavy atom. The number of hydrogen-bond donors (Lipinski definition) is 0. The fraction of sp³-hybridized carbons (Fsp3) is 0.382. The predicted molar refractivity (Wildman–Crippen MR) is 154 cm³/mol. The van der Waals surface area contributed by atoms with Gasteiger partial charge in [0.2, 0.25) is 0 Å².